The molecule has 0 atom stereocenters. The summed E-state index contributed by atoms with van der Waals surface area (Å²) >= 11 is 0. The van der Waals surface area contributed by atoms with Crippen LogP contribution in [0.25, 0.3) is 0 Å². The molecule has 106 valence electrons. The first kappa shape index (κ1) is 14.0. The minimum absolute atomic E-state index is 0.0849. The van der Waals surface area contributed by atoms with Crippen molar-refractivity contribution in [2.24, 2.45) is 0 Å². The number of nitrogens with zero attached hydrogens (tertiary/aromatic N) is 1. The van der Waals surface area contributed by atoms with Crippen LogP contribution in [0.1, 0.15) is 39.3 Å². The third-order valence-electron chi connectivity index (χ3n) is 2.36. The Morgan fingerprint density at radius 3 is 2.32 bits per heavy atom. The summed E-state index contributed by atoms with van der Waals surface area (Å²) in [5, 5.41) is 0. The van der Waals surface area contributed by atoms with Crippen LogP contribution < -0.4 is 9.47 Å². The number of pyridine rings is 1. The van der Waals surface area contributed by atoms with Gasteiger partial charge in [-0.1, -0.05) is 0 Å². The third kappa shape index (κ3) is 3.75. The SMILES string of the molecule is CC(C)(C)Oc1ccnc(C(F)(F)F)c1OC1CC1. The van der Waals surface area contributed by atoms with Gasteiger partial charge < -0.3 is 9.47 Å². The normalized spacial score (nSPS) is 16.3. The van der Waals surface area contributed by atoms with E-state index in [-0.39, 0.29) is 17.6 Å². The summed E-state index contributed by atoms with van der Waals surface area (Å²) in [6.07, 6.45) is -2.10. The zero-order chi connectivity index (χ0) is 14.3. The highest BCUT2D eigenvalue weighted by molar-refractivity contribution is 5.44. The molecule has 0 N–H and O–H groups in total. The maximum absolute atomic E-state index is 12.9. The zero-order valence-corrected chi connectivity index (χ0v) is 11.0. The van der Waals surface area contributed by atoms with E-state index in [2.05, 4.69) is 4.98 Å². The second-order valence-corrected chi connectivity index (χ2v) is 5.52. The van der Waals surface area contributed by atoms with Gasteiger partial charge in [0.25, 0.3) is 0 Å². The highest BCUT2D eigenvalue weighted by Crippen LogP contribution is 2.43. The molecule has 2 rings (SSSR count). The van der Waals surface area contributed by atoms with Crippen molar-refractivity contribution in [2.45, 2.75) is 51.5 Å². The number of ether oxygens (including phenoxy) is 2. The first-order valence-electron chi connectivity index (χ1n) is 6.09. The van der Waals surface area contributed by atoms with Gasteiger partial charge in [0.2, 0.25) is 0 Å². The third-order valence-corrected chi connectivity index (χ3v) is 2.36. The average molecular weight is 275 g/mol. The van der Waals surface area contributed by atoms with E-state index in [1.807, 2.05) is 0 Å². The molecule has 1 aromatic heterocycles. The minimum Gasteiger partial charge on any atom is -0.484 e. The van der Waals surface area contributed by atoms with Gasteiger partial charge in [0.1, 0.15) is 5.60 Å². The Hall–Kier alpha value is -1.46. The maximum atomic E-state index is 12.9. The Bertz CT molecular complexity index is 462. The van der Waals surface area contributed by atoms with Crippen molar-refractivity contribution in [3.63, 3.8) is 0 Å². The van der Waals surface area contributed by atoms with Crippen molar-refractivity contribution in [2.75, 3.05) is 0 Å². The molecule has 0 radical (unpaired) electrons. The van der Waals surface area contributed by atoms with Gasteiger partial charge in [-0.2, -0.15) is 13.2 Å². The summed E-state index contributed by atoms with van der Waals surface area (Å²) in [6.45, 7) is 5.30. The Balaban J connectivity index is 2.40. The van der Waals surface area contributed by atoms with Gasteiger partial charge in [-0.3, -0.25) is 0 Å². The monoisotopic (exact) mass is 275 g/mol. The second kappa shape index (κ2) is 4.58. The fraction of sp³-hybridized carbons (Fsp3) is 0.615. The van der Waals surface area contributed by atoms with Gasteiger partial charge in [-0.05, 0) is 33.6 Å². The molecule has 1 aliphatic rings. The van der Waals surface area contributed by atoms with Crippen molar-refractivity contribution in [1.82, 2.24) is 4.98 Å². The summed E-state index contributed by atoms with van der Waals surface area (Å²) < 4.78 is 49.7. The number of hydrogen-bond acceptors (Lipinski definition) is 3. The van der Waals surface area contributed by atoms with Gasteiger partial charge in [-0.15, -0.1) is 0 Å². The molecular formula is C13H16F3NO2. The maximum Gasteiger partial charge on any atom is 0.437 e. The molecule has 0 saturated heterocycles. The van der Waals surface area contributed by atoms with E-state index in [0.717, 1.165) is 19.0 Å². The lowest BCUT2D eigenvalue weighted by molar-refractivity contribution is -0.143. The molecule has 0 spiro atoms. The lowest BCUT2D eigenvalue weighted by Gasteiger charge is -2.24. The molecule has 19 heavy (non-hydrogen) atoms. The van der Waals surface area contributed by atoms with Crippen LogP contribution in [0.5, 0.6) is 11.5 Å². The van der Waals surface area contributed by atoms with Crippen molar-refractivity contribution >= 4 is 0 Å². The van der Waals surface area contributed by atoms with Gasteiger partial charge >= 0.3 is 6.18 Å². The first-order chi connectivity index (χ1) is 8.67. The van der Waals surface area contributed by atoms with E-state index in [1.165, 1.54) is 6.07 Å². The molecule has 1 aliphatic carbocycles. The van der Waals surface area contributed by atoms with Crippen LogP contribution in [0.15, 0.2) is 12.3 Å². The van der Waals surface area contributed by atoms with E-state index in [4.69, 9.17) is 9.47 Å². The number of aromatic nitrogens is 1. The highest BCUT2D eigenvalue weighted by Gasteiger charge is 2.40. The summed E-state index contributed by atoms with van der Waals surface area (Å²) in [5.74, 6) is -0.214. The number of hydrogen-bond donors (Lipinski definition) is 0. The van der Waals surface area contributed by atoms with Crippen LogP contribution in [0.2, 0.25) is 0 Å². The topological polar surface area (TPSA) is 31.4 Å². The van der Waals surface area contributed by atoms with Crippen LogP contribution in [0, 0.1) is 0 Å². The van der Waals surface area contributed by atoms with E-state index in [1.54, 1.807) is 20.8 Å². The standard InChI is InChI=1S/C13H16F3NO2/c1-12(2,3)19-9-6-7-17-11(13(14,15)16)10(9)18-8-4-5-8/h6-8H,4-5H2,1-3H3. The first-order valence-corrected chi connectivity index (χ1v) is 6.09. The zero-order valence-electron chi connectivity index (χ0n) is 11.0. The van der Waals surface area contributed by atoms with Crippen molar-refractivity contribution < 1.29 is 22.6 Å². The van der Waals surface area contributed by atoms with Crippen LogP contribution in [0.3, 0.4) is 0 Å². The fourth-order valence-corrected chi connectivity index (χ4v) is 1.51. The van der Waals surface area contributed by atoms with Crippen molar-refractivity contribution in [3.05, 3.63) is 18.0 Å². The van der Waals surface area contributed by atoms with Crippen LogP contribution >= 0.6 is 0 Å². The number of alkyl halides is 3. The van der Waals surface area contributed by atoms with Gasteiger partial charge in [0, 0.05) is 12.3 Å². The molecule has 0 unspecified atom stereocenters. The molecular weight excluding hydrogens is 259 g/mol. The molecule has 6 heteroatoms. The molecule has 1 heterocycles. The largest absolute Gasteiger partial charge is 0.484 e. The Morgan fingerprint density at radius 2 is 1.84 bits per heavy atom. The van der Waals surface area contributed by atoms with Crippen molar-refractivity contribution in [3.8, 4) is 11.5 Å². The van der Waals surface area contributed by atoms with E-state index in [0.29, 0.717) is 0 Å². The van der Waals surface area contributed by atoms with Crippen LogP contribution in [-0.2, 0) is 6.18 Å². The smallest absolute Gasteiger partial charge is 0.437 e. The van der Waals surface area contributed by atoms with E-state index < -0.39 is 17.5 Å². The van der Waals surface area contributed by atoms with E-state index in [9.17, 15) is 13.2 Å². The molecule has 1 saturated carbocycles. The summed E-state index contributed by atoms with van der Waals surface area (Å²) in [4.78, 5) is 3.39. The lowest BCUT2D eigenvalue weighted by Crippen LogP contribution is -2.24. The average Bonchev–Trinajstić information content (AvgIpc) is 3.00. The molecule has 0 aromatic carbocycles. The predicted molar refractivity (Wildman–Crippen MR) is 63.3 cm³/mol. The molecule has 1 aromatic rings. The van der Waals surface area contributed by atoms with Gasteiger partial charge in [0.05, 0.1) is 6.10 Å². The Labute approximate surface area is 109 Å². The Morgan fingerprint density at radius 1 is 1.21 bits per heavy atom. The highest BCUT2D eigenvalue weighted by atomic mass is 19.4. The molecule has 0 amide bonds. The minimum atomic E-state index is -4.55. The van der Waals surface area contributed by atoms with E-state index >= 15 is 0 Å². The Kier molecular flexibility index (Phi) is 3.36. The molecule has 3 nitrogen and oxygen atoms in total. The predicted octanol–water partition coefficient (Wildman–Crippen LogP) is 3.82. The summed E-state index contributed by atoms with van der Waals surface area (Å²) in [6, 6.07) is 1.40. The molecule has 1 fully saturated rings. The molecule has 0 aliphatic heterocycles. The van der Waals surface area contributed by atoms with Crippen LogP contribution in [0.4, 0.5) is 13.2 Å². The number of rotatable bonds is 3. The van der Waals surface area contributed by atoms with Crippen molar-refractivity contribution in [1.29, 1.82) is 0 Å². The second-order valence-electron chi connectivity index (χ2n) is 5.52. The lowest BCUT2D eigenvalue weighted by atomic mass is 10.2. The number of halogens is 3. The quantitative estimate of drug-likeness (QED) is 0.840. The summed E-state index contributed by atoms with van der Waals surface area (Å²) in [7, 11) is 0. The summed E-state index contributed by atoms with van der Waals surface area (Å²) in [5.41, 5.74) is -1.63. The van der Waals surface area contributed by atoms with Crippen LogP contribution in [-0.4, -0.2) is 16.7 Å². The van der Waals surface area contributed by atoms with Gasteiger partial charge in [0.15, 0.2) is 17.2 Å². The molecule has 0 bridgehead atoms. The van der Waals surface area contributed by atoms with Gasteiger partial charge in [-0.25, -0.2) is 4.98 Å². The fourth-order valence-electron chi connectivity index (χ4n) is 1.51.